The Morgan fingerprint density at radius 2 is 2.11 bits per heavy atom. The van der Waals surface area contributed by atoms with Crippen molar-refractivity contribution in [3.63, 3.8) is 0 Å². The number of hydrogen-bond acceptors (Lipinski definition) is 3. The van der Waals surface area contributed by atoms with Gasteiger partial charge < -0.3 is 15.5 Å². The second-order valence-corrected chi connectivity index (χ2v) is 6.12. The van der Waals surface area contributed by atoms with Crippen molar-refractivity contribution >= 4 is 5.91 Å². The van der Waals surface area contributed by atoms with E-state index in [0.717, 1.165) is 51.9 Å². The summed E-state index contributed by atoms with van der Waals surface area (Å²) in [4.78, 5) is 15.0. The van der Waals surface area contributed by atoms with Crippen LogP contribution in [0.3, 0.4) is 0 Å². The summed E-state index contributed by atoms with van der Waals surface area (Å²) in [6, 6.07) is 0. The van der Waals surface area contributed by atoms with Gasteiger partial charge in [-0.3, -0.25) is 4.79 Å². The van der Waals surface area contributed by atoms with Gasteiger partial charge in [0.25, 0.3) is 0 Å². The third kappa shape index (κ3) is 3.93. The maximum Gasteiger partial charge on any atom is 0.227 e. The number of nitrogens with zero attached hydrogens (tertiary/aromatic N) is 1. The molecule has 2 saturated heterocycles. The number of likely N-dealkylation sites (tertiary alicyclic amines) is 1. The Morgan fingerprint density at radius 3 is 2.74 bits per heavy atom. The monoisotopic (exact) mass is 267 g/mol. The number of hydrogen-bond donors (Lipinski definition) is 2. The van der Waals surface area contributed by atoms with Gasteiger partial charge >= 0.3 is 0 Å². The SMILES string of the molecule is CCCC1(C(=O)NCCN2CCCC2)CCCNC1. The third-order valence-electron chi connectivity index (χ3n) is 4.59. The Labute approximate surface area is 117 Å². The summed E-state index contributed by atoms with van der Waals surface area (Å²) in [6.07, 6.45) is 6.90. The van der Waals surface area contributed by atoms with Crippen LogP contribution in [0.5, 0.6) is 0 Å². The van der Waals surface area contributed by atoms with Gasteiger partial charge in [-0.1, -0.05) is 13.3 Å². The van der Waals surface area contributed by atoms with Crippen LogP contribution < -0.4 is 10.6 Å². The number of rotatable bonds is 6. The second kappa shape index (κ2) is 7.25. The van der Waals surface area contributed by atoms with Crippen LogP contribution in [0.25, 0.3) is 0 Å². The zero-order chi connectivity index (χ0) is 13.6. The van der Waals surface area contributed by atoms with Crippen LogP contribution in [0.4, 0.5) is 0 Å². The minimum Gasteiger partial charge on any atom is -0.354 e. The normalized spacial score (nSPS) is 28.5. The lowest BCUT2D eigenvalue weighted by Gasteiger charge is -2.36. The van der Waals surface area contributed by atoms with Crippen molar-refractivity contribution in [3.05, 3.63) is 0 Å². The van der Waals surface area contributed by atoms with Gasteiger partial charge in [0.1, 0.15) is 0 Å². The molecular weight excluding hydrogens is 238 g/mol. The van der Waals surface area contributed by atoms with E-state index in [-0.39, 0.29) is 11.3 Å². The zero-order valence-electron chi connectivity index (χ0n) is 12.3. The second-order valence-electron chi connectivity index (χ2n) is 6.12. The highest BCUT2D eigenvalue weighted by Crippen LogP contribution is 2.31. The fourth-order valence-corrected chi connectivity index (χ4v) is 3.49. The van der Waals surface area contributed by atoms with Gasteiger partial charge in [0.15, 0.2) is 0 Å². The first-order valence-corrected chi connectivity index (χ1v) is 7.98. The van der Waals surface area contributed by atoms with Gasteiger partial charge in [0, 0.05) is 19.6 Å². The minimum absolute atomic E-state index is 0.141. The first-order chi connectivity index (χ1) is 9.27. The Hall–Kier alpha value is -0.610. The summed E-state index contributed by atoms with van der Waals surface area (Å²) >= 11 is 0. The van der Waals surface area contributed by atoms with Gasteiger partial charge in [-0.05, 0) is 51.7 Å². The number of piperidine rings is 1. The fraction of sp³-hybridized carbons (Fsp3) is 0.933. The zero-order valence-corrected chi connectivity index (χ0v) is 12.3. The van der Waals surface area contributed by atoms with E-state index in [0.29, 0.717) is 0 Å². The molecule has 110 valence electrons. The molecule has 2 N–H and O–H groups in total. The van der Waals surface area contributed by atoms with Crippen LogP contribution in [0.15, 0.2) is 0 Å². The van der Waals surface area contributed by atoms with E-state index in [1.54, 1.807) is 0 Å². The molecule has 0 spiro atoms. The molecule has 19 heavy (non-hydrogen) atoms. The van der Waals surface area contributed by atoms with Gasteiger partial charge in [0.05, 0.1) is 5.41 Å². The van der Waals surface area contributed by atoms with Gasteiger partial charge in [-0.25, -0.2) is 0 Å². The van der Waals surface area contributed by atoms with Crippen LogP contribution >= 0.6 is 0 Å². The Balaban J connectivity index is 1.78. The van der Waals surface area contributed by atoms with E-state index < -0.39 is 0 Å². The van der Waals surface area contributed by atoms with Crippen LogP contribution in [-0.4, -0.2) is 50.1 Å². The molecular formula is C15H29N3O. The molecule has 2 aliphatic rings. The molecule has 4 nitrogen and oxygen atoms in total. The summed E-state index contributed by atoms with van der Waals surface area (Å²) in [5.74, 6) is 0.278. The molecule has 2 aliphatic heterocycles. The molecule has 0 radical (unpaired) electrons. The lowest BCUT2D eigenvalue weighted by atomic mass is 9.76. The number of carbonyl (C=O) groups excluding carboxylic acids is 1. The van der Waals surface area contributed by atoms with E-state index in [9.17, 15) is 4.79 Å². The van der Waals surface area contributed by atoms with E-state index in [2.05, 4.69) is 22.5 Å². The first kappa shape index (κ1) is 14.8. The average molecular weight is 267 g/mol. The van der Waals surface area contributed by atoms with Crippen molar-refractivity contribution in [3.8, 4) is 0 Å². The quantitative estimate of drug-likeness (QED) is 0.764. The summed E-state index contributed by atoms with van der Waals surface area (Å²) in [7, 11) is 0. The highest BCUT2D eigenvalue weighted by Gasteiger charge is 2.38. The van der Waals surface area contributed by atoms with Crippen molar-refractivity contribution in [1.29, 1.82) is 0 Å². The summed E-state index contributed by atoms with van der Waals surface area (Å²) in [6.45, 7) is 8.33. The molecule has 0 saturated carbocycles. The average Bonchev–Trinajstić information content (AvgIpc) is 2.93. The number of carbonyl (C=O) groups is 1. The highest BCUT2D eigenvalue weighted by atomic mass is 16.2. The Morgan fingerprint density at radius 1 is 1.32 bits per heavy atom. The Bertz CT molecular complexity index is 276. The minimum atomic E-state index is -0.141. The van der Waals surface area contributed by atoms with E-state index in [1.807, 2.05) is 0 Å². The van der Waals surface area contributed by atoms with Gasteiger partial charge in [-0.2, -0.15) is 0 Å². The smallest absolute Gasteiger partial charge is 0.227 e. The van der Waals surface area contributed by atoms with E-state index in [4.69, 9.17) is 0 Å². The predicted octanol–water partition coefficient (Wildman–Crippen LogP) is 1.37. The molecule has 0 aromatic rings. The molecule has 2 heterocycles. The maximum absolute atomic E-state index is 12.5. The lowest BCUT2D eigenvalue weighted by molar-refractivity contribution is -0.132. The molecule has 1 unspecified atom stereocenters. The summed E-state index contributed by atoms with van der Waals surface area (Å²) < 4.78 is 0. The van der Waals surface area contributed by atoms with Crippen LogP contribution in [-0.2, 0) is 4.79 Å². The van der Waals surface area contributed by atoms with E-state index in [1.165, 1.54) is 25.9 Å². The summed E-state index contributed by atoms with van der Waals surface area (Å²) in [5.41, 5.74) is -0.141. The topological polar surface area (TPSA) is 44.4 Å². The molecule has 1 amide bonds. The van der Waals surface area contributed by atoms with Crippen LogP contribution in [0.2, 0.25) is 0 Å². The highest BCUT2D eigenvalue weighted by molar-refractivity contribution is 5.83. The van der Waals surface area contributed by atoms with Crippen molar-refractivity contribution in [2.45, 2.75) is 45.4 Å². The molecule has 1 atom stereocenters. The van der Waals surface area contributed by atoms with Gasteiger partial charge in [0.2, 0.25) is 5.91 Å². The van der Waals surface area contributed by atoms with Crippen molar-refractivity contribution in [1.82, 2.24) is 15.5 Å². The maximum atomic E-state index is 12.5. The fourth-order valence-electron chi connectivity index (χ4n) is 3.49. The standard InChI is InChI=1S/C15H29N3O/c1-2-6-15(7-5-8-16-13-15)14(19)17-9-12-18-10-3-4-11-18/h16H,2-13H2,1H3,(H,17,19). The molecule has 0 bridgehead atoms. The van der Waals surface area contributed by atoms with Crippen LogP contribution in [0, 0.1) is 5.41 Å². The van der Waals surface area contributed by atoms with Gasteiger partial charge in [-0.15, -0.1) is 0 Å². The van der Waals surface area contributed by atoms with Crippen molar-refractivity contribution < 1.29 is 4.79 Å². The lowest BCUT2D eigenvalue weighted by Crippen LogP contribution is -2.51. The molecule has 2 rings (SSSR count). The van der Waals surface area contributed by atoms with E-state index >= 15 is 0 Å². The molecule has 0 aliphatic carbocycles. The van der Waals surface area contributed by atoms with Crippen molar-refractivity contribution in [2.24, 2.45) is 5.41 Å². The molecule has 0 aromatic carbocycles. The molecule has 2 fully saturated rings. The number of nitrogens with one attached hydrogen (secondary N) is 2. The number of amides is 1. The first-order valence-electron chi connectivity index (χ1n) is 7.98. The third-order valence-corrected chi connectivity index (χ3v) is 4.59. The predicted molar refractivity (Wildman–Crippen MR) is 78.1 cm³/mol. The largest absolute Gasteiger partial charge is 0.354 e. The van der Waals surface area contributed by atoms with Crippen molar-refractivity contribution in [2.75, 3.05) is 39.3 Å². The van der Waals surface area contributed by atoms with Crippen LogP contribution in [0.1, 0.15) is 45.4 Å². The molecule has 0 aromatic heterocycles. The summed E-state index contributed by atoms with van der Waals surface area (Å²) in [5, 5.41) is 6.59. The molecule has 4 heteroatoms. The Kier molecular flexibility index (Phi) is 5.64.